The van der Waals surface area contributed by atoms with E-state index in [1.165, 1.54) is 11.3 Å². The molecule has 1 aliphatic rings. The maximum atomic E-state index is 12.7. The second-order valence-electron chi connectivity index (χ2n) is 5.75. The summed E-state index contributed by atoms with van der Waals surface area (Å²) in [5.41, 5.74) is 0. The normalized spacial score (nSPS) is 14.0. The zero-order chi connectivity index (χ0) is 16.4. The van der Waals surface area contributed by atoms with E-state index >= 15 is 0 Å². The molecule has 2 aromatic rings. The molecule has 122 valence electrons. The van der Waals surface area contributed by atoms with Crippen LogP contribution >= 0.6 is 11.3 Å². The number of amides is 1. The van der Waals surface area contributed by atoms with E-state index in [2.05, 4.69) is 15.0 Å². The first-order valence-corrected chi connectivity index (χ1v) is 8.78. The predicted octanol–water partition coefficient (Wildman–Crippen LogP) is 2.89. The van der Waals surface area contributed by atoms with Crippen LogP contribution in [0, 0.1) is 0 Å². The van der Waals surface area contributed by atoms with Crippen molar-refractivity contribution in [1.29, 1.82) is 0 Å². The molecular weight excluding hydrogens is 310 g/mol. The van der Waals surface area contributed by atoms with Gasteiger partial charge in [0.1, 0.15) is 0 Å². The van der Waals surface area contributed by atoms with Crippen LogP contribution in [0.25, 0.3) is 0 Å². The number of carbonyl (C=O) groups is 1. The number of aromatic nitrogens is 3. The summed E-state index contributed by atoms with van der Waals surface area (Å²) in [4.78, 5) is 31.0. The molecule has 0 bridgehead atoms. The zero-order valence-corrected chi connectivity index (χ0v) is 14.5. The molecule has 23 heavy (non-hydrogen) atoms. The van der Waals surface area contributed by atoms with E-state index in [-0.39, 0.29) is 11.9 Å². The molecule has 2 aromatic heterocycles. The van der Waals surface area contributed by atoms with Crippen molar-refractivity contribution >= 4 is 29.0 Å². The fourth-order valence-electron chi connectivity index (χ4n) is 2.80. The fraction of sp³-hybridized carbons (Fsp3) is 0.500. The molecule has 3 heterocycles. The van der Waals surface area contributed by atoms with Gasteiger partial charge in [-0.15, -0.1) is 11.3 Å². The van der Waals surface area contributed by atoms with E-state index in [9.17, 15) is 4.79 Å². The number of hydrogen-bond acceptors (Lipinski definition) is 6. The van der Waals surface area contributed by atoms with Crippen molar-refractivity contribution in [3.8, 4) is 0 Å². The number of rotatable bonds is 4. The first kappa shape index (κ1) is 15.9. The molecule has 0 saturated carbocycles. The van der Waals surface area contributed by atoms with Gasteiger partial charge in [-0.05, 0) is 39.7 Å². The van der Waals surface area contributed by atoms with Gasteiger partial charge in [0, 0.05) is 36.4 Å². The van der Waals surface area contributed by atoms with Crippen molar-refractivity contribution in [2.75, 3.05) is 18.0 Å². The van der Waals surface area contributed by atoms with Crippen LogP contribution in [0.1, 0.15) is 41.9 Å². The molecular formula is C16H21N5OS. The first-order chi connectivity index (χ1) is 11.1. The smallest absolute Gasteiger partial charge is 0.283 e. The third kappa shape index (κ3) is 3.06. The average Bonchev–Trinajstić information content (AvgIpc) is 3.00. The highest BCUT2D eigenvalue weighted by molar-refractivity contribution is 7.14. The van der Waals surface area contributed by atoms with E-state index in [0.29, 0.717) is 17.5 Å². The number of nitrogens with zero attached hydrogens (tertiary/aromatic N) is 5. The van der Waals surface area contributed by atoms with Crippen molar-refractivity contribution in [1.82, 2.24) is 19.9 Å². The summed E-state index contributed by atoms with van der Waals surface area (Å²) in [6.07, 6.45) is 5.43. The van der Waals surface area contributed by atoms with E-state index in [1.54, 1.807) is 18.5 Å². The van der Waals surface area contributed by atoms with Gasteiger partial charge in [0.2, 0.25) is 5.95 Å². The minimum absolute atomic E-state index is 0.0100. The molecule has 6 nitrogen and oxygen atoms in total. The predicted molar refractivity (Wildman–Crippen MR) is 91.3 cm³/mol. The molecule has 0 aliphatic carbocycles. The van der Waals surface area contributed by atoms with Crippen molar-refractivity contribution in [3.63, 3.8) is 0 Å². The number of thiazole rings is 1. The van der Waals surface area contributed by atoms with Crippen LogP contribution in [0.5, 0.6) is 0 Å². The number of anilines is 2. The Balaban J connectivity index is 1.93. The maximum absolute atomic E-state index is 12.7. The highest BCUT2D eigenvalue weighted by Crippen LogP contribution is 2.35. The Kier molecular flexibility index (Phi) is 4.56. The third-order valence-corrected chi connectivity index (χ3v) is 5.01. The Morgan fingerprint density at radius 1 is 1.39 bits per heavy atom. The van der Waals surface area contributed by atoms with Crippen LogP contribution in [0.3, 0.4) is 0 Å². The standard InChI is InChI=1S/C16H21N5OS/c1-4-20(11(2)3)15(22)14-19-13-12(23-14)7-5-10-21(13)16-17-8-6-9-18-16/h6,8-9,11H,4-5,7,10H2,1-3H3. The molecule has 7 heteroatoms. The quantitative estimate of drug-likeness (QED) is 0.862. The van der Waals surface area contributed by atoms with Crippen LogP contribution in [0.15, 0.2) is 18.5 Å². The third-order valence-electron chi connectivity index (χ3n) is 3.92. The van der Waals surface area contributed by atoms with Crippen LogP contribution in [-0.4, -0.2) is 44.9 Å². The van der Waals surface area contributed by atoms with Crippen LogP contribution in [-0.2, 0) is 6.42 Å². The first-order valence-electron chi connectivity index (χ1n) is 7.97. The monoisotopic (exact) mass is 331 g/mol. The van der Waals surface area contributed by atoms with E-state index in [4.69, 9.17) is 0 Å². The SMILES string of the molecule is CCN(C(=O)c1nc2c(s1)CCCN2c1ncccn1)C(C)C. The molecule has 0 atom stereocenters. The second-order valence-corrected chi connectivity index (χ2v) is 6.84. The van der Waals surface area contributed by atoms with Crippen molar-refractivity contribution in [3.05, 3.63) is 28.3 Å². The Labute approximate surface area is 140 Å². The van der Waals surface area contributed by atoms with Crippen molar-refractivity contribution in [2.24, 2.45) is 0 Å². The number of carbonyl (C=O) groups excluding carboxylic acids is 1. The maximum Gasteiger partial charge on any atom is 0.283 e. The second kappa shape index (κ2) is 6.62. The largest absolute Gasteiger partial charge is 0.334 e. The van der Waals surface area contributed by atoms with E-state index in [0.717, 1.165) is 30.1 Å². The van der Waals surface area contributed by atoms with Gasteiger partial charge in [-0.1, -0.05) is 0 Å². The lowest BCUT2D eigenvalue weighted by Gasteiger charge is -2.25. The van der Waals surface area contributed by atoms with Gasteiger partial charge in [0.25, 0.3) is 5.91 Å². The van der Waals surface area contributed by atoms with Crippen LogP contribution < -0.4 is 4.90 Å². The van der Waals surface area contributed by atoms with Gasteiger partial charge < -0.3 is 4.90 Å². The molecule has 0 radical (unpaired) electrons. The van der Waals surface area contributed by atoms with Gasteiger partial charge in [0.05, 0.1) is 0 Å². The molecule has 1 amide bonds. The summed E-state index contributed by atoms with van der Waals surface area (Å²) in [6.45, 7) is 7.57. The van der Waals surface area contributed by atoms with Gasteiger partial charge in [-0.25, -0.2) is 15.0 Å². The van der Waals surface area contributed by atoms with Crippen LogP contribution in [0.4, 0.5) is 11.8 Å². The molecule has 0 spiro atoms. The average molecular weight is 331 g/mol. The minimum Gasteiger partial charge on any atom is -0.334 e. The zero-order valence-electron chi connectivity index (χ0n) is 13.7. The van der Waals surface area contributed by atoms with E-state index < -0.39 is 0 Å². The Hall–Kier alpha value is -2.02. The lowest BCUT2D eigenvalue weighted by molar-refractivity contribution is 0.0716. The Bertz CT molecular complexity index is 685. The Morgan fingerprint density at radius 2 is 2.13 bits per heavy atom. The van der Waals surface area contributed by atoms with Gasteiger partial charge in [-0.2, -0.15) is 0 Å². The summed E-state index contributed by atoms with van der Waals surface area (Å²) < 4.78 is 0. The Morgan fingerprint density at radius 3 is 2.78 bits per heavy atom. The highest BCUT2D eigenvalue weighted by Gasteiger charge is 2.28. The van der Waals surface area contributed by atoms with Crippen molar-refractivity contribution < 1.29 is 4.79 Å². The van der Waals surface area contributed by atoms with Gasteiger partial charge >= 0.3 is 0 Å². The van der Waals surface area contributed by atoms with Gasteiger partial charge in [0.15, 0.2) is 10.8 Å². The lowest BCUT2D eigenvalue weighted by atomic mass is 10.2. The van der Waals surface area contributed by atoms with Crippen LogP contribution in [0.2, 0.25) is 0 Å². The molecule has 0 N–H and O–H groups in total. The fourth-order valence-corrected chi connectivity index (χ4v) is 3.87. The summed E-state index contributed by atoms with van der Waals surface area (Å²) in [5.74, 6) is 1.50. The number of hydrogen-bond donors (Lipinski definition) is 0. The topological polar surface area (TPSA) is 62.2 Å². The minimum atomic E-state index is 0.0100. The molecule has 0 unspecified atom stereocenters. The summed E-state index contributed by atoms with van der Waals surface area (Å²) >= 11 is 1.50. The molecule has 1 aliphatic heterocycles. The van der Waals surface area contributed by atoms with E-state index in [1.807, 2.05) is 30.6 Å². The summed E-state index contributed by atoms with van der Waals surface area (Å²) in [5, 5.41) is 0.563. The highest BCUT2D eigenvalue weighted by atomic mass is 32.1. The molecule has 0 aromatic carbocycles. The molecule has 3 rings (SSSR count). The summed E-state index contributed by atoms with van der Waals surface area (Å²) in [7, 11) is 0. The van der Waals surface area contributed by atoms with Gasteiger partial charge in [-0.3, -0.25) is 9.69 Å². The number of aryl methyl sites for hydroxylation is 1. The summed E-state index contributed by atoms with van der Waals surface area (Å²) in [6, 6.07) is 1.97. The molecule has 0 saturated heterocycles. The lowest BCUT2D eigenvalue weighted by Crippen LogP contribution is -2.36. The number of fused-ring (bicyclic) bond motifs is 1. The van der Waals surface area contributed by atoms with Crippen molar-refractivity contribution in [2.45, 2.75) is 39.7 Å². The molecule has 0 fully saturated rings.